The van der Waals surface area contributed by atoms with E-state index in [1.165, 1.54) is 12.0 Å². The summed E-state index contributed by atoms with van der Waals surface area (Å²) in [6.45, 7) is 6.47. The molecular formula is C13H17. The predicted octanol–water partition coefficient (Wildman–Crippen LogP) is 3.93. The average molecular weight is 173 g/mol. The summed E-state index contributed by atoms with van der Waals surface area (Å²) in [6.07, 6.45) is 6.31. The van der Waals surface area contributed by atoms with E-state index in [1.54, 1.807) is 0 Å². The molecule has 0 saturated heterocycles. The Morgan fingerprint density at radius 2 is 1.92 bits per heavy atom. The lowest BCUT2D eigenvalue weighted by molar-refractivity contribution is 0.733. The predicted molar refractivity (Wildman–Crippen MR) is 57.7 cm³/mol. The van der Waals surface area contributed by atoms with Gasteiger partial charge in [-0.25, -0.2) is 0 Å². The lowest BCUT2D eigenvalue weighted by atomic mass is 9.98. The summed E-state index contributed by atoms with van der Waals surface area (Å²) >= 11 is 0. The zero-order chi connectivity index (χ0) is 9.68. The third-order valence-corrected chi connectivity index (χ3v) is 2.40. The maximum atomic E-state index is 3.17. The summed E-state index contributed by atoms with van der Waals surface area (Å²) in [6, 6.07) is 8.64. The lowest BCUT2D eigenvalue weighted by Gasteiger charge is -2.08. The standard InChI is InChI=1S/C13H17/c1-4-6-12-7-9-13(10-8-12)11(3)5-2/h4,7-11H,5H2,1-3H3. The topological polar surface area (TPSA) is 0 Å². The highest BCUT2D eigenvalue weighted by atomic mass is 14.1. The van der Waals surface area contributed by atoms with Crippen LogP contribution in [0.25, 0.3) is 0 Å². The molecule has 0 heteroatoms. The first-order chi connectivity index (χ1) is 6.27. The molecule has 0 amide bonds. The molecule has 1 unspecified atom stereocenters. The Bertz CT molecular complexity index is 267. The highest BCUT2D eigenvalue weighted by molar-refractivity contribution is 5.28. The maximum absolute atomic E-state index is 3.17. The van der Waals surface area contributed by atoms with Crippen molar-refractivity contribution in [3.8, 4) is 0 Å². The fourth-order valence-corrected chi connectivity index (χ4v) is 1.31. The van der Waals surface area contributed by atoms with Gasteiger partial charge in [0.15, 0.2) is 0 Å². The Kier molecular flexibility index (Phi) is 3.75. The molecule has 0 N–H and O–H groups in total. The molecule has 1 aromatic carbocycles. The molecule has 0 bridgehead atoms. The summed E-state index contributed by atoms with van der Waals surface area (Å²) in [5.74, 6) is 0.666. The van der Waals surface area contributed by atoms with Gasteiger partial charge in [0.25, 0.3) is 0 Å². The molecule has 13 heavy (non-hydrogen) atoms. The second kappa shape index (κ2) is 4.86. The molecule has 0 aliphatic heterocycles. The zero-order valence-electron chi connectivity index (χ0n) is 8.67. The van der Waals surface area contributed by atoms with Gasteiger partial charge in [-0.1, -0.05) is 44.2 Å². The average Bonchev–Trinajstić information content (AvgIpc) is 2.18. The monoisotopic (exact) mass is 173 g/mol. The number of hydrogen-bond donors (Lipinski definition) is 0. The van der Waals surface area contributed by atoms with Crippen molar-refractivity contribution in [3.63, 3.8) is 0 Å². The van der Waals surface area contributed by atoms with Gasteiger partial charge in [0.2, 0.25) is 0 Å². The molecular weight excluding hydrogens is 156 g/mol. The van der Waals surface area contributed by atoms with Crippen LogP contribution in [0.4, 0.5) is 0 Å². The van der Waals surface area contributed by atoms with Crippen molar-refractivity contribution >= 4 is 0 Å². The van der Waals surface area contributed by atoms with E-state index in [0.717, 1.165) is 5.56 Å². The van der Waals surface area contributed by atoms with E-state index >= 15 is 0 Å². The molecule has 0 nitrogen and oxygen atoms in total. The first-order valence-electron chi connectivity index (χ1n) is 4.92. The Balaban J connectivity index is 2.80. The Hall–Kier alpha value is -1.04. The fourth-order valence-electron chi connectivity index (χ4n) is 1.31. The van der Waals surface area contributed by atoms with Crippen molar-refractivity contribution in [2.24, 2.45) is 0 Å². The number of rotatable bonds is 3. The lowest BCUT2D eigenvalue weighted by Crippen LogP contribution is -1.90. The van der Waals surface area contributed by atoms with Crippen LogP contribution in [-0.2, 0) is 0 Å². The first-order valence-corrected chi connectivity index (χ1v) is 4.92. The fraction of sp³-hybridized carbons (Fsp3) is 0.385. The number of hydrogen-bond acceptors (Lipinski definition) is 0. The maximum Gasteiger partial charge on any atom is -0.0151 e. The Labute approximate surface area is 81.3 Å². The molecule has 1 radical (unpaired) electrons. The van der Waals surface area contributed by atoms with Gasteiger partial charge in [0.1, 0.15) is 0 Å². The van der Waals surface area contributed by atoms with Gasteiger partial charge in [-0.2, -0.15) is 0 Å². The van der Waals surface area contributed by atoms with Crippen molar-refractivity contribution in [1.82, 2.24) is 0 Å². The minimum absolute atomic E-state index is 0.666. The summed E-state index contributed by atoms with van der Waals surface area (Å²) in [5.41, 5.74) is 2.58. The third-order valence-electron chi connectivity index (χ3n) is 2.40. The number of benzene rings is 1. The van der Waals surface area contributed by atoms with E-state index in [-0.39, 0.29) is 0 Å². The Morgan fingerprint density at radius 3 is 2.38 bits per heavy atom. The van der Waals surface area contributed by atoms with Crippen molar-refractivity contribution in [1.29, 1.82) is 0 Å². The minimum atomic E-state index is 0.666. The molecule has 0 heterocycles. The highest BCUT2D eigenvalue weighted by Gasteiger charge is 2.00. The molecule has 0 aromatic heterocycles. The second-order valence-corrected chi connectivity index (χ2v) is 3.36. The smallest absolute Gasteiger partial charge is 0.0151 e. The molecule has 1 rings (SSSR count). The van der Waals surface area contributed by atoms with E-state index in [2.05, 4.69) is 44.2 Å². The van der Waals surface area contributed by atoms with Crippen LogP contribution in [-0.4, -0.2) is 0 Å². The molecule has 1 aromatic rings. The normalized spacial score (nSPS) is 13.5. The minimum Gasteiger partial charge on any atom is -0.0792 e. The molecule has 0 aliphatic rings. The summed E-state index contributed by atoms with van der Waals surface area (Å²) < 4.78 is 0. The van der Waals surface area contributed by atoms with E-state index < -0.39 is 0 Å². The van der Waals surface area contributed by atoms with Crippen LogP contribution in [0.3, 0.4) is 0 Å². The van der Waals surface area contributed by atoms with Gasteiger partial charge in [0, 0.05) is 0 Å². The molecule has 0 fully saturated rings. The summed E-state index contributed by atoms with van der Waals surface area (Å²) in [7, 11) is 0. The molecule has 1 atom stereocenters. The zero-order valence-corrected chi connectivity index (χ0v) is 8.67. The summed E-state index contributed by atoms with van der Waals surface area (Å²) in [5, 5.41) is 0. The van der Waals surface area contributed by atoms with E-state index in [0.29, 0.717) is 5.92 Å². The SMILES string of the molecule is C/C=[C]/c1ccc(C(C)CC)cc1. The van der Waals surface area contributed by atoms with Crippen molar-refractivity contribution < 1.29 is 0 Å². The molecule has 0 aliphatic carbocycles. The molecule has 69 valence electrons. The van der Waals surface area contributed by atoms with Gasteiger partial charge in [0.05, 0.1) is 0 Å². The van der Waals surface area contributed by atoms with Gasteiger partial charge in [-0.3, -0.25) is 0 Å². The van der Waals surface area contributed by atoms with Gasteiger partial charge in [-0.05, 0) is 36.5 Å². The van der Waals surface area contributed by atoms with Crippen LogP contribution < -0.4 is 0 Å². The van der Waals surface area contributed by atoms with Crippen LogP contribution in [0.5, 0.6) is 0 Å². The van der Waals surface area contributed by atoms with Gasteiger partial charge < -0.3 is 0 Å². The van der Waals surface area contributed by atoms with E-state index in [4.69, 9.17) is 0 Å². The first kappa shape index (κ1) is 10.0. The molecule has 0 saturated carbocycles. The van der Waals surface area contributed by atoms with Crippen molar-refractivity contribution in [2.45, 2.75) is 33.1 Å². The van der Waals surface area contributed by atoms with Crippen molar-refractivity contribution in [2.75, 3.05) is 0 Å². The largest absolute Gasteiger partial charge is 0.0792 e. The van der Waals surface area contributed by atoms with Crippen LogP contribution in [0.15, 0.2) is 30.3 Å². The van der Waals surface area contributed by atoms with Crippen LogP contribution >= 0.6 is 0 Å². The Morgan fingerprint density at radius 1 is 1.31 bits per heavy atom. The van der Waals surface area contributed by atoms with E-state index in [1.807, 2.05) is 13.0 Å². The quantitative estimate of drug-likeness (QED) is 0.649. The van der Waals surface area contributed by atoms with Crippen LogP contribution in [0.2, 0.25) is 0 Å². The second-order valence-electron chi connectivity index (χ2n) is 3.36. The van der Waals surface area contributed by atoms with Crippen molar-refractivity contribution in [3.05, 3.63) is 47.5 Å². The highest BCUT2D eigenvalue weighted by Crippen LogP contribution is 2.18. The van der Waals surface area contributed by atoms with Crippen LogP contribution in [0.1, 0.15) is 44.2 Å². The van der Waals surface area contributed by atoms with Gasteiger partial charge in [-0.15, -0.1) is 0 Å². The van der Waals surface area contributed by atoms with Crippen LogP contribution in [0, 0.1) is 6.08 Å². The van der Waals surface area contributed by atoms with E-state index in [9.17, 15) is 0 Å². The number of allylic oxidation sites excluding steroid dienone is 1. The summed E-state index contributed by atoms with van der Waals surface area (Å²) in [4.78, 5) is 0. The van der Waals surface area contributed by atoms with Gasteiger partial charge >= 0.3 is 0 Å². The molecule has 0 spiro atoms. The third kappa shape index (κ3) is 2.73.